The molecule has 0 fully saturated rings. The molecule has 0 saturated heterocycles. The Balaban J connectivity index is -0.000000144. The number of rotatable bonds is 0. The third-order valence-electron chi connectivity index (χ3n) is 0. The Kier molecular flexibility index (Phi) is 10.2. The van der Waals surface area contributed by atoms with E-state index in [1.165, 1.54) is 0 Å². The van der Waals surface area contributed by atoms with E-state index >= 15 is 0 Å². The molecule has 0 aliphatic carbocycles. The van der Waals surface area contributed by atoms with E-state index in [0.717, 1.165) is 0 Å². The van der Waals surface area contributed by atoms with Crippen molar-refractivity contribution in [1.29, 1.82) is 0 Å². The molecule has 0 spiro atoms. The summed E-state index contributed by atoms with van der Waals surface area (Å²) in [5.74, 6) is 0. The van der Waals surface area contributed by atoms with Crippen LogP contribution in [0.2, 0.25) is 0 Å². The summed E-state index contributed by atoms with van der Waals surface area (Å²) in [5.41, 5.74) is 0. The van der Waals surface area contributed by atoms with Crippen molar-refractivity contribution in [3.05, 3.63) is 0 Å². The Morgan fingerprint density at radius 3 is 0.400 bits per heavy atom. The SMILES string of the molecule is [O]=[Cr](=[O])([OH])[OH].[O]=[Cr](=[O])([OH])[OH].[O]=[Cr](=[O])([OH])[OH]. The third kappa shape index (κ3) is 84500. The van der Waals surface area contributed by atoms with E-state index < -0.39 is 40.8 Å². The average molecular weight is 354 g/mol. The summed E-state index contributed by atoms with van der Waals surface area (Å²) in [4.78, 5) is 0. The fourth-order valence-electron chi connectivity index (χ4n) is 0. The molecule has 0 saturated carbocycles. The van der Waals surface area contributed by atoms with Crippen LogP contribution >= 0.6 is 0 Å². The van der Waals surface area contributed by atoms with Gasteiger partial charge in [-0.1, -0.05) is 0 Å². The number of hydrogen-bond acceptors (Lipinski definition) is 6. The van der Waals surface area contributed by atoms with Gasteiger partial charge in [-0.3, -0.25) is 0 Å². The van der Waals surface area contributed by atoms with E-state index in [9.17, 15) is 0 Å². The number of hydrogen-bond donors (Lipinski definition) is 6. The van der Waals surface area contributed by atoms with Gasteiger partial charge in [0.1, 0.15) is 0 Å². The molecule has 15 heavy (non-hydrogen) atoms. The Hall–Kier alpha value is 0.157. The van der Waals surface area contributed by atoms with Gasteiger partial charge in [0.25, 0.3) is 0 Å². The van der Waals surface area contributed by atoms with Gasteiger partial charge in [-0.2, -0.15) is 0 Å². The van der Waals surface area contributed by atoms with Crippen LogP contribution in [0.3, 0.4) is 0 Å². The fraction of sp³-hybridized carbons (Fsp3) is 0. The molecule has 0 rings (SSSR count). The molecule has 15 heteroatoms. The second-order valence-electron chi connectivity index (χ2n) is 1.34. The van der Waals surface area contributed by atoms with Crippen LogP contribution in [0.15, 0.2) is 0 Å². The summed E-state index contributed by atoms with van der Waals surface area (Å²) in [6.45, 7) is 0. The molecule has 0 aromatic heterocycles. The van der Waals surface area contributed by atoms with Crippen LogP contribution in [0.25, 0.3) is 0 Å². The van der Waals surface area contributed by atoms with E-state index in [4.69, 9.17) is 47.8 Å². The molecular formula is H6Cr3O12. The molecule has 12 nitrogen and oxygen atoms in total. The zero-order valence-electron chi connectivity index (χ0n) is 6.36. The average Bonchev–Trinajstić information content (AvgIpc) is 1.41. The Morgan fingerprint density at radius 2 is 0.400 bits per heavy atom. The predicted molar refractivity (Wildman–Crippen MR) is 17.4 cm³/mol. The molecular weight excluding hydrogens is 348 g/mol. The van der Waals surface area contributed by atoms with Crippen LogP contribution in [0.4, 0.5) is 0 Å². The molecule has 0 heterocycles. The van der Waals surface area contributed by atoms with Crippen LogP contribution in [0.1, 0.15) is 0 Å². The maximum atomic E-state index is 8.82. The van der Waals surface area contributed by atoms with Crippen LogP contribution in [0.5, 0.6) is 0 Å². The zero-order valence-corrected chi connectivity index (χ0v) is 10.2. The van der Waals surface area contributed by atoms with Gasteiger partial charge < -0.3 is 0 Å². The molecule has 0 atom stereocenters. The van der Waals surface area contributed by atoms with Crippen molar-refractivity contribution in [3.63, 3.8) is 0 Å². The van der Waals surface area contributed by atoms with Gasteiger partial charge in [0.15, 0.2) is 0 Å². The van der Waals surface area contributed by atoms with Crippen LogP contribution in [0, 0.1) is 0 Å². The molecule has 0 amide bonds. The van der Waals surface area contributed by atoms with E-state index in [1.54, 1.807) is 0 Å². The van der Waals surface area contributed by atoms with Crippen molar-refractivity contribution in [2.75, 3.05) is 0 Å². The molecule has 0 aliphatic heterocycles. The summed E-state index contributed by atoms with van der Waals surface area (Å²) >= 11 is -15.8. The predicted octanol–water partition coefficient (Wildman–Crippen LogP) is -4.06. The van der Waals surface area contributed by atoms with Gasteiger partial charge in [-0.25, -0.2) is 0 Å². The summed E-state index contributed by atoms with van der Waals surface area (Å²) < 4.78 is 95.6. The van der Waals surface area contributed by atoms with Crippen molar-refractivity contribution in [2.45, 2.75) is 0 Å². The van der Waals surface area contributed by atoms with E-state index in [2.05, 4.69) is 0 Å². The van der Waals surface area contributed by atoms with E-state index in [1.807, 2.05) is 0 Å². The van der Waals surface area contributed by atoms with E-state index in [-0.39, 0.29) is 0 Å². The molecule has 96 valence electrons. The summed E-state index contributed by atoms with van der Waals surface area (Å²) in [7, 11) is 0. The second kappa shape index (κ2) is 7.43. The van der Waals surface area contributed by atoms with Crippen molar-refractivity contribution < 1.29 is 88.6 Å². The maximum absolute atomic E-state index is 8.82. The minimum atomic E-state index is -5.25. The summed E-state index contributed by atoms with van der Waals surface area (Å²) in [6.07, 6.45) is 0. The normalized spacial score (nSPS) is 11.6. The van der Waals surface area contributed by atoms with Crippen LogP contribution < -0.4 is 0 Å². The van der Waals surface area contributed by atoms with Gasteiger partial charge in [-0.05, 0) is 0 Å². The molecule has 6 N–H and O–H groups in total. The summed E-state index contributed by atoms with van der Waals surface area (Å²) in [6, 6.07) is 0. The van der Waals surface area contributed by atoms with Gasteiger partial charge in [0, 0.05) is 0 Å². The van der Waals surface area contributed by atoms with Gasteiger partial charge in [0.2, 0.25) is 0 Å². The standard InChI is InChI=1S/3Cr.6H2O.6O/h;;;6*1H2;;;;;;/q3*+2;;;;;;;;;;;;/p-6. The Bertz CT molecular complexity index is 332. The topological polar surface area (TPSA) is 224 Å². The van der Waals surface area contributed by atoms with Gasteiger partial charge in [0.05, 0.1) is 0 Å². The molecule has 0 aliphatic rings. The van der Waals surface area contributed by atoms with Crippen molar-refractivity contribution >= 4 is 0 Å². The van der Waals surface area contributed by atoms with Crippen LogP contribution in [-0.2, 0) is 63.7 Å². The monoisotopic (exact) mass is 354 g/mol. The van der Waals surface area contributed by atoms with E-state index in [0.29, 0.717) is 0 Å². The van der Waals surface area contributed by atoms with Crippen molar-refractivity contribution in [1.82, 2.24) is 0 Å². The zero-order chi connectivity index (χ0) is 13.5. The van der Waals surface area contributed by atoms with Gasteiger partial charge in [-0.15, -0.1) is 0 Å². The molecule has 0 aromatic carbocycles. The Morgan fingerprint density at radius 1 is 0.400 bits per heavy atom. The minimum absolute atomic E-state index is 5.25. The third-order valence-corrected chi connectivity index (χ3v) is 0. The van der Waals surface area contributed by atoms with Crippen molar-refractivity contribution in [3.8, 4) is 0 Å². The van der Waals surface area contributed by atoms with Gasteiger partial charge >= 0.3 is 88.6 Å². The molecule has 0 aromatic rings. The molecule has 0 bridgehead atoms. The Labute approximate surface area is 88.6 Å². The second-order valence-corrected chi connectivity index (χ2v) is 5.54. The first-order chi connectivity index (χ1) is 6.00. The van der Waals surface area contributed by atoms with Crippen LogP contribution in [-0.4, -0.2) is 24.9 Å². The first-order valence-electron chi connectivity index (χ1n) is 2.10. The summed E-state index contributed by atoms with van der Waals surface area (Å²) in [5, 5.41) is 0. The quantitative estimate of drug-likeness (QED) is 0.244. The first-order valence-corrected chi connectivity index (χ1v) is 8.64. The molecule has 0 unspecified atom stereocenters. The first kappa shape index (κ1) is 20.6. The fourth-order valence-corrected chi connectivity index (χ4v) is 0. The molecule has 0 radical (unpaired) electrons. The van der Waals surface area contributed by atoms with Crippen molar-refractivity contribution in [2.24, 2.45) is 0 Å².